The van der Waals surface area contributed by atoms with Crippen LogP contribution in [0.2, 0.25) is 0 Å². The minimum atomic E-state index is -0.346. The molecule has 1 fully saturated rings. The second kappa shape index (κ2) is 8.58. The first-order valence-electron chi connectivity index (χ1n) is 13.3. The van der Waals surface area contributed by atoms with Crippen LogP contribution in [0.4, 0.5) is 0 Å². The molecule has 7 rings (SSSR count). The Morgan fingerprint density at radius 2 is 1.76 bits per heavy atom. The van der Waals surface area contributed by atoms with Gasteiger partial charge in [0.2, 0.25) is 0 Å². The van der Waals surface area contributed by atoms with Crippen molar-refractivity contribution in [3.8, 4) is 5.75 Å². The molecule has 0 unspecified atom stereocenters. The number of methoxy groups -OCH3 is 1. The topological polar surface area (TPSA) is 88.7 Å². The van der Waals surface area contributed by atoms with Gasteiger partial charge in [0.05, 0.1) is 41.4 Å². The quantitative estimate of drug-likeness (QED) is 0.335. The molecule has 0 radical (unpaired) electrons. The molecule has 4 heterocycles. The van der Waals surface area contributed by atoms with E-state index in [4.69, 9.17) is 4.74 Å². The average Bonchev–Trinajstić information content (AvgIpc) is 3.68. The van der Waals surface area contributed by atoms with Crippen molar-refractivity contribution in [3.63, 3.8) is 0 Å². The molecule has 38 heavy (non-hydrogen) atoms. The fourth-order valence-electron chi connectivity index (χ4n) is 6.82. The maximum absolute atomic E-state index is 13.3. The van der Waals surface area contributed by atoms with E-state index in [1.54, 1.807) is 7.11 Å². The van der Waals surface area contributed by atoms with Crippen molar-refractivity contribution in [2.75, 3.05) is 26.8 Å². The van der Waals surface area contributed by atoms with Crippen LogP contribution in [0, 0.1) is 0 Å². The average molecular weight is 511 g/mol. The number of likely N-dealkylation sites (tertiary alicyclic amines) is 1. The number of imide groups is 1. The summed E-state index contributed by atoms with van der Waals surface area (Å²) in [6.07, 6.45) is 5.03. The molecule has 2 aliphatic rings. The maximum Gasteiger partial charge on any atom is 0.259 e. The van der Waals surface area contributed by atoms with Gasteiger partial charge in [-0.15, -0.1) is 0 Å². The van der Waals surface area contributed by atoms with Gasteiger partial charge in [-0.05, 0) is 44.0 Å². The van der Waals surface area contributed by atoms with E-state index in [0.29, 0.717) is 11.1 Å². The lowest BCUT2D eigenvalue weighted by Crippen LogP contribution is -2.33. The number of carbonyl (C=O) groups is 2. The summed E-state index contributed by atoms with van der Waals surface area (Å²) in [5, 5.41) is 16.9. The summed E-state index contributed by atoms with van der Waals surface area (Å²) in [6.45, 7) is 2.83. The normalized spacial score (nSPS) is 17.9. The molecule has 2 N–H and O–H groups in total. The molecule has 2 aliphatic heterocycles. The molecule has 0 spiro atoms. The summed E-state index contributed by atoms with van der Waals surface area (Å²) < 4.78 is 9.91. The van der Waals surface area contributed by atoms with Crippen LogP contribution in [0.15, 0.2) is 42.6 Å². The third-order valence-corrected chi connectivity index (χ3v) is 8.53. The third-order valence-electron chi connectivity index (χ3n) is 8.53. The highest BCUT2D eigenvalue weighted by Gasteiger charge is 2.35. The molecule has 2 aromatic heterocycles. The Morgan fingerprint density at radius 1 is 1.00 bits per heavy atom. The van der Waals surface area contributed by atoms with Gasteiger partial charge in [-0.1, -0.05) is 12.1 Å². The van der Waals surface area contributed by atoms with Gasteiger partial charge >= 0.3 is 0 Å². The largest absolute Gasteiger partial charge is 0.497 e. The molecule has 194 valence electrons. The standard InChI is InChI=1S/C30H30N4O4/c1-32-14-10-17-6-8-21-24(27(17)32)26-25(29(36)31-30(26)37)23-20-9-7-19(38-2)15-22(20)34(28(21)23)13-4-12-33-11-3-5-18(33)16-35/h6-10,14-15,18,35H,3-5,11-13,16H2,1-2H3,(H,31,36,37)/t18-/m0/s1. The third kappa shape index (κ3) is 3.17. The number of nitrogens with one attached hydrogen (secondary N) is 1. The van der Waals surface area contributed by atoms with Gasteiger partial charge < -0.3 is 19.0 Å². The zero-order valence-electron chi connectivity index (χ0n) is 21.6. The van der Waals surface area contributed by atoms with Crippen LogP contribution in [0.25, 0.3) is 43.5 Å². The predicted octanol–water partition coefficient (Wildman–Crippen LogP) is 4.18. The number of amides is 2. The maximum atomic E-state index is 13.3. The van der Waals surface area contributed by atoms with Crippen LogP contribution in [-0.2, 0) is 13.6 Å². The summed E-state index contributed by atoms with van der Waals surface area (Å²) >= 11 is 0. The second-order valence-corrected chi connectivity index (χ2v) is 10.5. The monoisotopic (exact) mass is 510 g/mol. The van der Waals surface area contributed by atoms with Crippen molar-refractivity contribution in [2.45, 2.75) is 31.8 Å². The van der Waals surface area contributed by atoms with Crippen molar-refractivity contribution < 1.29 is 19.4 Å². The number of carbonyl (C=O) groups excluding carboxylic acids is 2. The number of fused-ring (bicyclic) bond motifs is 10. The highest BCUT2D eigenvalue weighted by atomic mass is 16.5. The van der Waals surface area contributed by atoms with Gasteiger partial charge in [-0.25, -0.2) is 0 Å². The van der Waals surface area contributed by atoms with Crippen LogP contribution < -0.4 is 10.1 Å². The van der Waals surface area contributed by atoms with E-state index in [2.05, 4.69) is 26.9 Å². The number of aromatic nitrogens is 2. The molecule has 5 aromatic rings. The lowest BCUT2D eigenvalue weighted by atomic mass is 9.93. The van der Waals surface area contributed by atoms with Crippen LogP contribution in [0.1, 0.15) is 40.0 Å². The van der Waals surface area contributed by atoms with Crippen LogP contribution in [0.3, 0.4) is 0 Å². The lowest BCUT2D eigenvalue weighted by molar-refractivity contribution is 0.0880. The Labute approximate surface area is 219 Å². The predicted molar refractivity (Wildman–Crippen MR) is 148 cm³/mol. The summed E-state index contributed by atoms with van der Waals surface area (Å²) in [7, 11) is 3.63. The van der Waals surface area contributed by atoms with Gasteiger partial charge in [0, 0.05) is 65.4 Å². The van der Waals surface area contributed by atoms with Gasteiger partial charge in [0.25, 0.3) is 11.8 Å². The van der Waals surface area contributed by atoms with E-state index in [-0.39, 0.29) is 24.5 Å². The number of aliphatic hydroxyl groups excluding tert-OH is 1. The molecule has 8 nitrogen and oxygen atoms in total. The Hall–Kier alpha value is -3.88. The summed E-state index contributed by atoms with van der Waals surface area (Å²) in [5.74, 6) is 0.0534. The van der Waals surface area contributed by atoms with Crippen molar-refractivity contribution in [1.29, 1.82) is 0 Å². The molecular formula is C30H30N4O4. The summed E-state index contributed by atoms with van der Waals surface area (Å²) in [4.78, 5) is 28.9. The van der Waals surface area contributed by atoms with Gasteiger partial charge in [0.1, 0.15) is 5.75 Å². The number of aryl methyl sites for hydroxylation is 2. The highest BCUT2D eigenvalue weighted by Crippen LogP contribution is 2.44. The second-order valence-electron chi connectivity index (χ2n) is 10.5. The van der Waals surface area contributed by atoms with Crippen LogP contribution in [-0.4, -0.2) is 63.8 Å². The number of ether oxygens (including phenoxy) is 1. The van der Waals surface area contributed by atoms with Crippen molar-refractivity contribution in [2.24, 2.45) is 7.05 Å². The Morgan fingerprint density at radius 3 is 2.53 bits per heavy atom. The van der Waals surface area contributed by atoms with E-state index in [1.165, 1.54) is 0 Å². The smallest absolute Gasteiger partial charge is 0.259 e. The summed E-state index contributed by atoms with van der Waals surface area (Å²) in [5.41, 5.74) is 3.81. The minimum Gasteiger partial charge on any atom is -0.497 e. The van der Waals surface area contributed by atoms with Crippen LogP contribution >= 0.6 is 0 Å². The summed E-state index contributed by atoms with van der Waals surface area (Å²) in [6, 6.07) is 12.4. The fraction of sp³-hybridized carbons (Fsp3) is 0.333. The van der Waals surface area contributed by atoms with Crippen molar-refractivity contribution in [3.05, 3.63) is 53.7 Å². The van der Waals surface area contributed by atoms with Gasteiger partial charge in [-0.2, -0.15) is 0 Å². The zero-order chi connectivity index (χ0) is 26.1. The van der Waals surface area contributed by atoms with Crippen LogP contribution in [0.5, 0.6) is 5.75 Å². The number of hydrogen-bond acceptors (Lipinski definition) is 5. The first-order valence-corrected chi connectivity index (χ1v) is 13.3. The van der Waals surface area contributed by atoms with Crippen molar-refractivity contribution in [1.82, 2.24) is 19.4 Å². The molecule has 3 aromatic carbocycles. The first-order chi connectivity index (χ1) is 18.5. The number of hydrogen-bond donors (Lipinski definition) is 2. The lowest BCUT2D eigenvalue weighted by Gasteiger charge is -2.23. The van der Waals surface area contributed by atoms with E-state index in [0.717, 1.165) is 88.1 Å². The van der Waals surface area contributed by atoms with Gasteiger partial charge in [-0.3, -0.25) is 19.8 Å². The van der Waals surface area contributed by atoms with E-state index in [1.807, 2.05) is 42.1 Å². The highest BCUT2D eigenvalue weighted by molar-refractivity contribution is 6.39. The molecule has 0 aliphatic carbocycles. The number of nitrogens with zero attached hydrogens (tertiary/aromatic N) is 3. The molecule has 2 amide bonds. The molecule has 1 atom stereocenters. The zero-order valence-corrected chi connectivity index (χ0v) is 21.6. The van der Waals surface area contributed by atoms with Crippen molar-refractivity contribution >= 4 is 55.3 Å². The van der Waals surface area contributed by atoms with E-state index >= 15 is 0 Å². The Bertz CT molecular complexity index is 1800. The first kappa shape index (κ1) is 23.3. The SMILES string of the molecule is COc1ccc2c3c4c(c5c(ccc6ccn(C)c65)c3n(CCCN3CCC[C@H]3CO)c2c1)C(=O)NC4=O. The molecule has 1 saturated heterocycles. The Balaban J connectivity index is 1.54. The fourth-order valence-corrected chi connectivity index (χ4v) is 6.82. The molecule has 0 saturated carbocycles. The number of rotatable bonds is 6. The van der Waals surface area contributed by atoms with Gasteiger partial charge in [0.15, 0.2) is 0 Å². The number of benzene rings is 3. The Kier molecular flexibility index (Phi) is 5.25. The minimum absolute atomic E-state index is 0.194. The molecular weight excluding hydrogens is 480 g/mol. The molecule has 8 heteroatoms. The molecule has 0 bridgehead atoms. The van der Waals surface area contributed by atoms with E-state index < -0.39 is 0 Å². The van der Waals surface area contributed by atoms with E-state index in [9.17, 15) is 14.7 Å². The number of aliphatic hydroxyl groups is 1.